The molecule has 2 aromatic heterocycles. The molecule has 3 aliphatic rings. The van der Waals surface area contributed by atoms with Crippen molar-refractivity contribution >= 4 is 23.1 Å². The molecule has 6 aromatic rings. The number of thiophene rings is 1. The minimum atomic E-state index is -0.704. The van der Waals surface area contributed by atoms with Crippen molar-refractivity contribution in [3.63, 3.8) is 0 Å². The topological polar surface area (TPSA) is 53.4 Å². The Balaban J connectivity index is 1.24. The van der Waals surface area contributed by atoms with Gasteiger partial charge in [-0.2, -0.15) is 0 Å². The predicted octanol–water partition coefficient (Wildman–Crippen LogP) is 16.2. The molecule has 2 unspecified atom stereocenters. The number of thioether (sulfide) groups is 1. The molecule has 3 nitrogen and oxygen atoms in total. The predicted molar refractivity (Wildman–Crippen MR) is 264 cm³/mol. The van der Waals surface area contributed by atoms with Gasteiger partial charge in [0, 0.05) is 43.5 Å². The maximum Gasteiger partial charge on any atom is 0.132 e. The number of aromatic hydroxyl groups is 2. The van der Waals surface area contributed by atoms with E-state index in [-0.39, 0.29) is 27.6 Å². The van der Waals surface area contributed by atoms with Crippen LogP contribution in [-0.2, 0) is 15.6 Å². The summed E-state index contributed by atoms with van der Waals surface area (Å²) >= 11 is 3.81. The van der Waals surface area contributed by atoms with Crippen LogP contribution in [0, 0.1) is 37.5 Å². The van der Waals surface area contributed by atoms with Gasteiger partial charge in [-0.1, -0.05) is 129 Å². The zero-order chi connectivity index (χ0) is 44.3. The van der Waals surface area contributed by atoms with Gasteiger partial charge >= 0.3 is 0 Å². The Morgan fingerprint density at radius 3 is 1.87 bits per heavy atom. The fourth-order valence-electron chi connectivity index (χ4n) is 11.4. The third-order valence-electron chi connectivity index (χ3n) is 14.9. The molecule has 0 radical (unpaired) electrons. The number of nitrogens with zero attached hydrogens (tertiary/aromatic N) is 1. The molecule has 5 heteroatoms. The van der Waals surface area contributed by atoms with Crippen LogP contribution in [0.2, 0.25) is 0 Å². The number of benzene rings is 4. The fraction of sp³-hybridized carbons (Fsp3) is 0.386. The summed E-state index contributed by atoms with van der Waals surface area (Å²) in [6.07, 6.45) is 4.52. The molecule has 0 spiro atoms. The van der Waals surface area contributed by atoms with Crippen LogP contribution in [0.15, 0.2) is 108 Å². The second-order valence-electron chi connectivity index (χ2n) is 21.3. The molecule has 4 aromatic carbocycles. The molecule has 0 fully saturated rings. The molecule has 1 aliphatic heterocycles. The third-order valence-corrected chi connectivity index (χ3v) is 18.7. The standard InChI is InChI=1S/C57H63NO2S2/c1-33-30-41(48(59)42(31-33)50-35(3)46-51(61-50)55(9,10)27-25-53(46,5)6)38-21-16-17-22-39(38)44-23-18-24-45(58-44)57(36(4)47-52(62-57)56(11,12)28-26-54(47,7)8)43-32-34(2)29-40(49(43)60)37-19-14-13-15-20-37/h13-24,29-32,36,59-60H,25-28H2,1-12H3. The van der Waals surface area contributed by atoms with Gasteiger partial charge in [-0.05, 0) is 142 Å². The van der Waals surface area contributed by atoms with Crippen molar-refractivity contribution < 1.29 is 10.2 Å². The van der Waals surface area contributed by atoms with E-state index in [9.17, 15) is 10.2 Å². The molecule has 2 N–H and O–H groups in total. The highest BCUT2D eigenvalue weighted by molar-refractivity contribution is 8.04. The molecule has 0 saturated heterocycles. The first kappa shape index (κ1) is 42.7. The Morgan fingerprint density at radius 1 is 0.581 bits per heavy atom. The van der Waals surface area contributed by atoms with Crippen LogP contribution in [0.25, 0.3) is 44.0 Å². The number of allylic oxidation sites excluding steroid dienone is 2. The van der Waals surface area contributed by atoms with Gasteiger partial charge in [-0.15, -0.1) is 23.1 Å². The second-order valence-corrected chi connectivity index (χ2v) is 23.6. The molecule has 0 bridgehead atoms. The SMILES string of the molecule is Cc1cc(-c2ccccc2-c2cccc(C3(c4cc(C)cc(-c5ccccc5)c4O)SC4=C(C3C)C(C)(C)CCC4(C)C)n2)c(O)c(-c2sc3c(c2C)C(C)(C)CCC3(C)C)c1. The number of fused-ring (bicyclic) bond motifs is 1. The number of pyridine rings is 1. The first-order valence-electron chi connectivity index (χ1n) is 22.6. The average Bonchev–Trinajstić information content (AvgIpc) is 3.78. The van der Waals surface area contributed by atoms with E-state index < -0.39 is 4.75 Å². The van der Waals surface area contributed by atoms with E-state index in [1.165, 1.54) is 31.4 Å². The van der Waals surface area contributed by atoms with E-state index in [0.29, 0.717) is 11.5 Å². The number of aromatic nitrogens is 1. The summed E-state index contributed by atoms with van der Waals surface area (Å²) in [7, 11) is 0. The minimum Gasteiger partial charge on any atom is -0.507 e. The molecule has 2 aliphatic carbocycles. The molecule has 0 amide bonds. The van der Waals surface area contributed by atoms with Gasteiger partial charge < -0.3 is 10.2 Å². The molecular weight excluding hydrogens is 795 g/mol. The van der Waals surface area contributed by atoms with E-state index >= 15 is 0 Å². The van der Waals surface area contributed by atoms with E-state index in [1.807, 2.05) is 41.3 Å². The number of phenolic OH excluding ortho intramolecular Hbond substituents is 2. The van der Waals surface area contributed by atoms with E-state index in [4.69, 9.17) is 4.98 Å². The van der Waals surface area contributed by atoms with Crippen molar-refractivity contribution in [2.75, 3.05) is 0 Å². The number of hydrogen-bond donors (Lipinski definition) is 2. The number of hydrogen-bond acceptors (Lipinski definition) is 5. The average molecular weight is 858 g/mol. The Hall–Kier alpha value is -4.58. The highest BCUT2D eigenvalue weighted by Gasteiger charge is 2.58. The van der Waals surface area contributed by atoms with Gasteiger partial charge in [0.15, 0.2) is 0 Å². The maximum absolute atomic E-state index is 12.7. The Labute approximate surface area is 378 Å². The van der Waals surface area contributed by atoms with Crippen LogP contribution < -0.4 is 0 Å². The molecule has 62 heavy (non-hydrogen) atoms. The lowest BCUT2D eigenvalue weighted by Gasteiger charge is -2.42. The third kappa shape index (κ3) is 6.62. The summed E-state index contributed by atoms with van der Waals surface area (Å²) in [4.78, 5) is 9.78. The van der Waals surface area contributed by atoms with Crippen LogP contribution in [0.3, 0.4) is 0 Å². The molecule has 320 valence electrons. The highest BCUT2D eigenvalue weighted by atomic mass is 32.2. The van der Waals surface area contributed by atoms with Gasteiger partial charge in [0.1, 0.15) is 11.5 Å². The highest BCUT2D eigenvalue weighted by Crippen LogP contribution is 2.70. The van der Waals surface area contributed by atoms with Crippen LogP contribution >= 0.6 is 23.1 Å². The zero-order valence-corrected chi connectivity index (χ0v) is 40.4. The normalized spacial score (nSPS) is 22.0. The summed E-state index contributed by atoms with van der Waals surface area (Å²) in [5.41, 5.74) is 14.8. The molecule has 2 atom stereocenters. The van der Waals surface area contributed by atoms with Crippen molar-refractivity contribution in [1.29, 1.82) is 0 Å². The summed E-state index contributed by atoms with van der Waals surface area (Å²) in [6.45, 7) is 28.1. The Bertz CT molecular complexity index is 2800. The smallest absolute Gasteiger partial charge is 0.132 e. The first-order chi connectivity index (χ1) is 29.2. The fourth-order valence-corrected chi connectivity index (χ4v) is 15.1. The van der Waals surface area contributed by atoms with Gasteiger partial charge in [0.2, 0.25) is 0 Å². The van der Waals surface area contributed by atoms with E-state index in [1.54, 1.807) is 0 Å². The molecule has 0 saturated carbocycles. The summed E-state index contributed by atoms with van der Waals surface area (Å²) in [5.74, 6) is 0.677. The number of rotatable bonds is 6. The number of phenols is 2. The Morgan fingerprint density at radius 2 is 1.18 bits per heavy atom. The molecular formula is C57H63NO2S2. The zero-order valence-electron chi connectivity index (χ0n) is 38.8. The maximum atomic E-state index is 12.7. The van der Waals surface area contributed by atoms with Gasteiger partial charge in [0.25, 0.3) is 0 Å². The van der Waals surface area contributed by atoms with Gasteiger partial charge in [-0.25, -0.2) is 0 Å². The molecule has 3 heterocycles. The lowest BCUT2D eigenvalue weighted by molar-refractivity contribution is 0.252. The second kappa shape index (κ2) is 14.7. The van der Waals surface area contributed by atoms with E-state index in [2.05, 4.69) is 162 Å². The summed E-state index contributed by atoms with van der Waals surface area (Å²) in [6, 6.07) is 33.8. The van der Waals surface area contributed by atoms with Crippen molar-refractivity contribution in [3.05, 3.63) is 146 Å². The quantitative estimate of drug-likeness (QED) is 0.175. The number of aryl methyl sites for hydroxylation is 2. The summed E-state index contributed by atoms with van der Waals surface area (Å²) in [5, 5.41) is 25.2. The van der Waals surface area contributed by atoms with Crippen LogP contribution in [0.1, 0.15) is 126 Å². The van der Waals surface area contributed by atoms with E-state index in [0.717, 1.165) is 87.1 Å². The largest absolute Gasteiger partial charge is 0.507 e. The van der Waals surface area contributed by atoms with Crippen molar-refractivity contribution in [3.8, 4) is 55.5 Å². The van der Waals surface area contributed by atoms with Crippen LogP contribution in [0.5, 0.6) is 11.5 Å². The monoisotopic (exact) mass is 857 g/mol. The van der Waals surface area contributed by atoms with Gasteiger partial charge in [-0.3, -0.25) is 4.98 Å². The summed E-state index contributed by atoms with van der Waals surface area (Å²) < 4.78 is -0.704. The Kier molecular flexibility index (Phi) is 10.2. The van der Waals surface area contributed by atoms with Crippen LogP contribution in [0.4, 0.5) is 0 Å². The van der Waals surface area contributed by atoms with Crippen molar-refractivity contribution in [2.24, 2.45) is 16.7 Å². The lowest BCUT2D eigenvalue weighted by atomic mass is 9.61. The lowest BCUT2D eigenvalue weighted by Crippen LogP contribution is -2.35. The first-order valence-corrected chi connectivity index (χ1v) is 24.2. The van der Waals surface area contributed by atoms with Crippen LogP contribution in [-0.4, -0.2) is 15.2 Å². The van der Waals surface area contributed by atoms with Gasteiger partial charge in [0.05, 0.1) is 16.1 Å². The van der Waals surface area contributed by atoms with Crippen molar-refractivity contribution in [1.82, 2.24) is 4.98 Å². The molecule has 9 rings (SSSR count). The van der Waals surface area contributed by atoms with Crippen molar-refractivity contribution in [2.45, 2.75) is 124 Å². The minimum absolute atomic E-state index is 0.00294.